The van der Waals surface area contributed by atoms with Crippen LogP contribution in [-0.4, -0.2) is 12.5 Å². The number of allylic oxidation sites excluding steroid dienone is 2. The van der Waals surface area contributed by atoms with Crippen LogP contribution in [0, 0.1) is 0 Å². The Bertz CT molecular complexity index is 263. The molecule has 6 heteroatoms. The van der Waals surface area contributed by atoms with Crippen molar-refractivity contribution in [1.29, 1.82) is 0 Å². The van der Waals surface area contributed by atoms with Gasteiger partial charge in [0.25, 0.3) is 0 Å². The van der Waals surface area contributed by atoms with Crippen LogP contribution in [0.2, 0.25) is 0 Å². The highest BCUT2D eigenvalue weighted by Crippen LogP contribution is 2.34. The van der Waals surface area contributed by atoms with Gasteiger partial charge in [-0.1, -0.05) is 11.6 Å². The molecule has 1 aliphatic rings. The normalized spacial score (nSPS) is 28.8. The van der Waals surface area contributed by atoms with Crippen molar-refractivity contribution in [2.75, 3.05) is 0 Å². The van der Waals surface area contributed by atoms with Gasteiger partial charge in [0.1, 0.15) is 5.83 Å². The molecule has 13 heavy (non-hydrogen) atoms. The van der Waals surface area contributed by atoms with Crippen molar-refractivity contribution in [1.82, 2.24) is 0 Å². The number of rotatable bonds is 2. The van der Waals surface area contributed by atoms with E-state index in [1.807, 2.05) is 0 Å². The summed E-state index contributed by atoms with van der Waals surface area (Å²) in [6.07, 6.45) is 0.561. The Morgan fingerprint density at radius 1 is 1.54 bits per heavy atom. The topological polar surface area (TPSA) is 9.23 Å². The van der Waals surface area contributed by atoms with E-state index in [1.54, 1.807) is 0 Å². The summed E-state index contributed by atoms with van der Waals surface area (Å²) in [5, 5.41) is -0.299. The number of ether oxygens (including phenoxy) is 1. The van der Waals surface area contributed by atoms with E-state index in [9.17, 15) is 17.6 Å². The Balaban J connectivity index is 2.77. The van der Waals surface area contributed by atoms with Crippen molar-refractivity contribution in [3.8, 4) is 0 Å². The van der Waals surface area contributed by atoms with Gasteiger partial charge in [0.05, 0.1) is 6.42 Å². The maximum Gasteiger partial charge on any atom is 0.348 e. The highest BCUT2D eigenvalue weighted by molar-refractivity contribution is 6.31. The molecule has 1 aliphatic carbocycles. The van der Waals surface area contributed by atoms with Gasteiger partial charge >= 0.3 is 6.61 Å². The minimum atomic E-state index is -3.31. The lowest BCUT2D eigenvalue weighted by Gasteiger charge is -2.23. The first-order valence-corrected chi connectivity index (χ1v) is 3.68. The van der Waals surface area contributed by atoms with Gasteiger partial charge in [-0.3, -0.25) is 4.74 Å². The molecule has 0 aromatic carbocycles. The van der Waals surface area contributed by atoms with E-state index in [-0.39, 0.29) is 5.03 Å². The number of hydrogen-bond acceptors (Lipinski definition) is 1. The van der Waals surface area contributed by atoms with Crippen molar-refractivity contribution in [2.24, 2.45) is 0 Å². The van der Waals surface area contributed by atoms with E-state index in [2.05, 4.69) is 4.74 Å². The lowest BCUT2D eigenvalue weighted by molar-refractivity contribution is -0.238. The molecule has 0 saturated carbocycles. The summed E-state index contributed by atoms with van der Waals surface area (Å²) in [5.74, 6) is -3.78. The standard InChI is InChI=1S/C7H5ClF4O/c8-4-1-5(9)3-7(12,2-4)13-6(10)11/h1-2,6H,3H2. The highest BCUT2D eigenvalue weighted by Gasteiger charge is 2.36. The molecule has 1 rings (SSSR count). The maximum atomic E-state index is 13.2. The molecular formula is C7H5ClF4O. The summed E-state index contributed by atoms with van der Waals surface area (Å²) in [6.45, 7) is -3.31. The minimum Gasteiger partial charge on any atom is -0.281 e. The summed E-state index contributed by atoms with van der Waals surface area (Å²) >= 11 is 5.26. The van der Waals surface area contributed by atoms with Crippen LogP contribution in [0.3, 0.4) is 0 Å². The Kier molecular flexibility index (Phi) is 2.98. The Hall–Kier alpha value is -0.550. The molecule has 0 aromatic heterocycles. The molecule has 0 radical (unpaired) electrons. The summed E-state index contributed by atoms with van der Waals surface area (Å²) in [7, 11) is 0. The third kappa shape index (κ3) is 3.00. The molecule has 1 nitrogen and oxygen atoms in total. The molecule has 0 saturated heterocycles. The van der Waals surface area contributed by atoms with E-state index in [4.69, 9.17) is 11.6 Å². The van der Waals surface area contributed by atoms with Gasteiger partial charge in [-0.2, -0.15) is 8.78 Å². The second kappa shape index (κ2) is 3.67. The molecule has 0 fully saturated rings. The molecule has 1 unspecified atom stereocenters. The number of halogens is 5. The van der Waals surface area contributed by atoms with Gasteiger partial charge < -0.3 is 0 Å². The average molecular weight is 217 g/mol. The van der Waals surface area contributed by atoms with E-state index in [0.717, 1.165) is 6.08 Å². The van der Waals surface area contributed by atoms with E-state index >= 15 is 0 Å². The lowest BCUT2D eigenvalue weighted by atomic mass is 10.1. The van der Waals surface area contributed by atoms with Gasteiger partial charge in [-0.25, -0.2) is 8.78 Å². The first-order valence-electron chi connectivity index (χ1n) is 3.31. The molecule has 0 heterocycles. The molecule has 0 spiro atoms. The number of hydrogen-bond donors (Lipinski definition) is 0. The zero-order valence-corrected chi connectivity index (χ0v) is 6.99. The predicted molar refractivity (Wildman–Crippen MR) is 38.7 cm³/mol. The van der Waals surface area contributed by atoms with E-state index in [1.165, 1.54) is 0 Å². The van der Waals surface area contributed by atoms with Gasteiger partial charge in [0.2, 0.25) is 5.85 Å². The fraction of sp³-hybridized carbons (Fsp3) is 0.429. The Morgan fingerprint density at radius 2 is 2.15 bits per heavy atom. The molecule has 0 aliphatic heterocycles. The van der Waals surface area contributed by atoms with Crippen LogP contribution in [0.5, 0.6) is 0 Å². The lowest BCUT2D eigenvalue weighted by Crippen LogP contribution is -2.29. The van der Waals surface area contributed by atoms with Crippen molar-refractivity contribution in [3.63, 3.8) is 0 Å². The fourth-order valence-electron chi connectivity index (χ4n) is 0.953. The van der Waals surface area contributed by atoms with Crippen molar-refractivity contribution >= 4 is 11.6 Å². The molecule has 74 valence electrons. The van der Waals surface area contributed by atoms with Crippen LogP contribution < -0.4 is 0 Å². The summed E-state index contributed by atoms with van der Waals surface area (Å²) in [6, 6.07) is 0. The smallest absolute Gasteiger partial charge is 0.281 e. The van der Waals surface area contributed by atoms with E-state index < -0.39 is 24.7 Å². The molecule has 0 amide bonds. The van der Waals surface area contributed by atoms with Crippen molar-refractivity contribution < 1.29 is 22.3 Å². The van der Waals surface area contributed by atoms with Crippen LogP contribution in [0.15, 0.2) is 23.0 Å². The number of alkyl halides is 3. The first-order chi connectivity index (χ1) is 5.91. The van der Waals surface area contributed by atoms with Gasteiger partial charge in [0, 0.05) is 5.03 Å². The second-order valence-electron chi connectivity index (χ2n) is 2.46. The van der Waals surface area contributed by atoms with Crippen LogP contribution in [0.4, 0.5) is 17.6 Å². The molecule has 1 atom stereocenters. The van der Waals surface area contributed by atoms with Crippen LogP contribution >= 0.6 is 11.6 Å². The Labute approximate surface area is 76.6 Å². The van der Waals surface area contributed by atoms with Gasteiger partial charge in [-0.15, -0.1) is 0 Å². The van der Waals surface area contributed by atoms with E-state index in [0.29, 0.717) is 6.08 Å². The first kappa shape index (κ1) is 10.5. The molecule has 0 bridgehead atoms. The molecular weight excluding hydrogens is 212 g/mol. The van der Waals surface area contributed by atoms with Crippen molar-refractivity contribution in [3.05, 3.63) is 23.0 Å². The monoisotopic (exact) mass is 216 g/mol. The van der Waals surface area contributed by atoms with Crippen LogP contribution in [0.1, 0.15) is 6.42 Å². The zero-order chi connectivity index (χ0) is 10.1. The third-order valence-corrected chi connectivity index (χ3v) is 1.56. The average Bonchev–Trinajstić information content (AvgIpc) is 1.77. The largest absolute Gasteiger partial charge is 0.348 e. The van der Waals surface area contributed by atoms with Gasteiger partial charge in [0.15, 0.2) is 0 Å². The Morgan fingerprint density at radius 3 is 2.62 bits per heavy atom. The third-order valence-electron chi connectivity index (χ3n) is 1.34. The predicted octanol–water partition coefficient (Wildman–Crippen LogP) is 3.27. The summed E-state index contributed by atoms with van der Waals surface area (Å²) in [4.78, 5) is 0. The SMILES string of the molecule is FC1=CC(Cl)=CC(F)(OC(F)F)C1. The fourth-order valence-corrected chi connectivity index (χ4v) is 1.23. The highest BCUT2D eigenvalue weighted by atomic mass is 35.5. The summed E-state index contributed by atoms with van der Waals surface area (Å²) in [5.41, 5.74) is 0. The van der Waals surface area contributed by atoms with Crippen LogP contribution in [-0.2, 0) is 4.74 Å². The minimum absolute atomic E-state index is 0.299. The second-order valence-corrected chi connectivity index (χ2v) is 2.90. The van der Waals surface area contributed by atoms with Crippen LogP contribution in [0.25, 0.3) is 0 Å². The molecule has 0 aromatic rings. The van der Waals surface area contributed by atoms with Gasteiger partial charge in [-0.05, 0) is 12.2 Å². The molecule has 0 N–H and O–H groups in total. The maximum absolute atomic E-state index is 13.2. The van der Waals surface area contributed by atoms with Crippen molar-refractivity contribution in [2.45, 2.75) is 18.9 Å². The zero-order valence-electron chi connectivity index (χ0n) is 6.24. The summed E-state index contributed by atoms with van der Waals surface area (Å²) < 4.78 is 52.6. The quantitative estimate of drug-likeness (QED) is 0.644.